The van der Waals surface area contributed by atoms with Gasteiger partial charge in [0.15, 0.2) is 6.61 Å². The first-order valence-corrected chi connectivity index (χ1v) is 7.99. The van der Waals surface area contributed by atoms with E-state index in [4.69, 9.17) is 4.74 Å². The molecule has 2 aromatic rings. The standard InChI is InChI=1S/C17H17NO5S/c1-11-3-8-14(24-11)17(21)23-10-15(19)18-9-12-4-6-13(7-5-12)16(20)22-2/h3-8H,9-10H2,1-2H3,(H,18,19). The maximum Gasteiger partial charge on any atom is 0.348 e. The lowest BCUT2D eigenvalue weighted by Crippen LogP contribution is -2.28. The zero-order valence-electron chi connectivity index (χ0n) is 13.3. The Morgan fingerprint density at radius 1 is 1.04 bits per heavy atom. The lowest BCUT2D eigenvalue weighted by atomic mass is 10.1. The van der Waals surface area contributed by atoms with Gasteiger partial charge in [-0.1, -0.05) is 12.1 Å². The topological polar surface area (TPSA) is 81.7 Å². The number of thiophene rings is 1. The number of rotatable bonds is 6. The average molecular weight is 347 g/mol. The number of hydrogen-bond acceptors (Lipinski definition) is 6. The number of hydrogen-bond donors (Lipinski definition) is 1. The molecule has 1 aromatic heterocycles. The number of ether oxygens (including phenoxy) is 2. The van der Waals surface area contributed by atoms with E-state index in [1.165, 1.54) is 18.4 Å². The van der Waals surface area contributed by atoms with E-state index in [9.17, 15) is 14.4 Å². The van der Waals surface area contributed by atoms with Gasteiger partial charge in [0.05, 0.1) is 12.7 Å². The molecule has 0 atom stereocenters. The predicted molar refractivity (Wildman–Crippen MR) is 89.0 cm³/mol. The van der Waals surface area contributed by atoms with Crippen molar-refractivity contribution in [1.29, 1.82) is 0 Å². The third-order valence-corrected chi connectivity index (χ3v) is 4.12. The second-order valence-electron chi connectivity index (χ2n) is 4.95. The molecule has 1 heterocycles. The van der Waals surface area contributed by atoms with E-state index in [2.05, 4.69) is 10.1 Å². The molecule has 0 radical (unpaired) electrons. The van der Waals surface area contributed by atoms with Gasteiger partial charge in [0.2, 0.25) is 0 Å². The predicted octanol–water partition coefficient (Wildman–Crippen LogP) is 2.32. The SMILES string of the molecule is COC(=O)c1ccc(CNC(=O)COC(=O)c2ccc(C)s2)cc1. The Morgan fingerprint density at radius 3 is 2.33 bits per heavy atom. The fourth-order valence-corrected chi connectivity index (χ4v) is 2.64. The van der Waals surface area contributed by atoms with Crippen LogP contribution in [-0.2, 0) is 20.8 Å². The fraction of sp³-hybridized carbons (Fsp3) is 0.235. The normalized spacial score (nSPS) is 10.1. The van der Waals surface area contributed by atoms with Gasteiger partial charge < -0.3 is 14.8 Å². The molecule has 0 spiro atoms. The van der Waals surface area contributed by atoms with Crippen molar-refractivity contribution in [2.75, 3.05) is 13.7 Å². The maximum absolute atomic E-state index is 11.7. The van der Waals surface area contributed by atoms with Crippen LogP contribution in [0.5, 0.6) is 0 Å². The Kier molecular flexibility index (Phi) is 6.08. The molecular weight excluding hydrogens is 330 g/mol. The monoisotopic (exact) mass is 347 g/mol. The molecule has 24 heavy (non-hydrogen) atoms. The molecule has 0 unspecified atom stereocenters. The van der Waals surface area contributed by atoms with Crippen LogP contribution in [0.3, 0.4) is 0 Å². The average Bonchev–Trinajstić information content (AvgIpc) is 3.04. The second kappa shape index (κ2) is 8.26. The molecule has 1 amide bonds. The number of aryl methyl sites for hydroxylation is 1. The van der Waals surface area contributed by atoms with Gasteiger partial charge in [0.1, 0.15) is 4.88 Å². The van der Waals surface area contributed by atoms with Crippen LogP contribution in [0, 0.1) is 6.92 Å². The van der Waals surface area contributed by atoms with Crippen molar-refractivity contribution in [2.24, 2.45) is 0 Å². The van der Waals surface area contributed by atoms with Crippen LogP contribution in [0.15, 0.2) is 36.4 Å². The number of benzene rings is 1. The Labute approximate surface area is 143 Å². The van der Waals surface area contributed by atoms with E-state index in [0.717, 1.165) is 10.4 Å². The van der Waals surface area contributed by atoms with Gasteiger partial charge in [0, 0.05) is 11.4 Å². The van der Waals surface area contributed by atoms with E-state index < -0.39 is 17.8 Å². The van der Waals surface area contributed by atoms with Crippen LogP contribution in [-0.4, -0.2) is 31.6 Å². The van der Waals surface area contributed by atoms with Crippen molar-refractivity contribution < 1.29 is 23.9 Å². The van der Waals surface area contributed by atoms with E-state index in [1.54, 1.807) is 30.3 Å². The van der Waals surface area contributed by atoms with Gasteiger partial charge in [-0.3, -0.25) is 4.79 Å². The van der Waals surface area contributed by atoms with Crippen LogP contribution in [0.25, 0.3) is 0 Å². The van der Waals surface area contributed by atoms with E-state index in [0.29, 0.717) is 10.4 Å². The van der Waals surface area contributed by atoms with Gasteiger partial charge in [-0.05, 0) is 36.8 Å². The highest BCUT2D eigenvalue weighted by molar-refractivity contribution is 7.13. The van der Waals surface area contributed by atoms with Crippen molar-refractivity contribution in [3.63, 3.8) is 0 Å². The highest BCUT2D eigenvalue weighted by atomic mass is 32.1. The summed E-state index contributed by atoms with van der Waals surface area (Å²) in [5.74, 6) is -1.32. The van der Waals surface area contributed by atoms with Crippen LogP contribution >= 0.6 is 11.3 Å². The van der Waals surface area contributed by atoms with E-state index in [1.807, 2.05) is 13.0 Å². The van der Waals surface area contributed by atoms with Gasteiger partial charge in [-0.15, -0.1) is 11.3 Å². The molecule has 0 saturated heterocycles. The first-order valence-electron chi connectivity index (χ1n) is 7.17. The number of carbonyl (C=O) groups excluding carboxylic acids is 3. The number of nitrogens with one attached hydrogen (secondary N) is 1. The first-order chi connectivity index (χ1) is 11.5. The molecule has 0 bridgehead atoms. The third kappa shape index (κ3) is 4.92. The van der Waals surface area contributed by atoms with Gasteiger partial charge in [-0.2, -0.15) is 0 Å². The lowest BCUT2D eigenvalue weighted by Gasteiger charge is -2.07. The smallest absolute Gasteiger partial charge is 0.348 e. The Balaban J connectivity index is 1.76. The quantitative estimate of drug-likeness (QED) is 0.811. The summed E-state index contributed by atoms with van der Waals surface area (Å²) in [5.41, 5.74) is 1.25. The summed E-state index contributed by atoms with van der Waals surface area (Å²) in [6, 6.07) is 10.2. The molecule has 1 N–H and O–H groups in total. The minimum Gasteiger partial charge on any atom is -0.465 e. The van der Waals surface area contributed by atoms with Crippen LogP contribution in [0.4, 0.5) is 0 Å². The van der Waals surface area contributed by atoms with Crippen LogP contribution < -0.4 is 5.32 Å². The van der Waals surface area contributed by atoms with Crippen molar-refractivity contribution in [1.82, 2.24) is 5.32 Å². The molecule has 0 aliphatic heterocycles. The summed E-state index contributed by atoms with van der Waals surface area (Å²) in [4.78, 5) is 36.2. The summed E-state index contributed by atoms with van der Waals surface area (Å²) in [7, 11) is 1.31. The number of amides is 1. The van der Waals surface area contributed by atoms with E-state index in [-0.39, 0.29) is 13.2 Å². The lowest BCUT2D eigenvalue weighted by molar-refractivity contribution is -0.124. The molecule has 7 heteroatoms. The molecule has 0 aliphatic rings. The Morgan fingerprint density at radius 2 is 1.75 bits per heavy atom. The fourth-order valence-electron chi connectivity index (χ4n) is 1.87. The van der Waals surface area contributed by atoms with Crippen LogP contribution in [0.1, 0.15) is 30.5 Å². The summed E-state index contributed by atoms with van der Waals surface area (Å²) in [5, 5.41) is 2.64. The molecule has 0 saturated carbocycles. The minimum absolute atomic E-state index is 0.274. The molecule has 6 nitrogen and oxygen atoms in total. The zero-order chi connectivity index (χ0) is 17.5. The summed E-state index contributed by atoms with van der Waals surface area (Å²) in [6.45, 7) is 1.83. The second-order valence-corrected chi connectivity index (χ2v) is 6.24. The number of methoxy groups -OCH3 is 1. The van der Waals surface area contributed by atoms with E-state index >= 15 is 0 Å². The van der Waals surface area contributed by atoms with Crippen molar-refractivity contribution in [3.05, 3.63) is 57.3 Å². The first kappa shape index (κ1) is 17.7. The van der Waals surface area contributed by atoms with Crippen LogP contribution in [0.2, 0.25) is 0 Å². The highest BCUT2D eigenvalue weighted by Gasteiger charge is 2.12. The maximum atomic E-state index is 11.7. The molecular formula is C17H17NO5S. The Hall–Kier alpha value is -2.67. The van der Waals surface area contributed by atoms with Gasteiger partial charge in [0.25, 0.3) is 5.91 Å². The minimum atomic E-state index is -0.509. The summed E-state index contributed by atoms with van der Waals surface area (Å²) < 4.78 is 9.57. The van der Waals surface area contributed by atoms with Crippen molar-refractivity contribution >= 4 is 29.2 Å². The highest BCUT2D eigenvalue weighted by Crippen LogP contribution is 2.15. The van der Waals surface area contributed by atoms with Gasteiger partial charge in [-0.25, -0.2) is 9.59 Å². The molecule has 0 aliphatic carbocycles. The number of esters is 2. The molecule has 1 aromatic carbocycles. The molecule has 126 valence electrons. The Bertz CT molecular complexity index is 736. The molecule has 0 fully saturated rings. The largest absolute Gasteiger partial charge is 0.465 e. The zero-order valence-corrected chi connectivity index (χ0v) is 14.1. The summed E-state index contributed by atoms with van der Waals surface area (Å²) in [6.07, 6.45) is 0. The third-order valence-electron chi connectivity index (χ3n) is 3.14. The van der Waals surface area contributed by atoms with Crippen molar-refractivity contribution in [3.8, 4) is 0 Å². The molecule has 2 rings (SSSR count). The van der Waals surface area contributed by atoms with Gasteiger partial charge >= 0.3 is 11.9 Å². The summed E-state index contributed by atoms with van der Waals surface area (Å²) >= 11 is 1.32. The van der Waals surface area contributed by atoms with Crippen molar-refractivity contribution in [2.45, 2.75) is 13.5 Å². The number of carbonyl (C=O) groups is 3.